The smallest absolute Gasteiger partial charge is 0.306 e. The molecular formula is C12H19F15O4S. The molecule has 0 rings (SSSR count). The minimum absolute atomic E-state index is 0. The van der Waals surface area contributed by atoms with E-state index in [9.17, 15) is 74.3 Å². The Morgan fingerprint density at radius 2 is 1.03 bits per heavy atom. The van der Waals surface area contributed by atoms with Crippen molar-refractivity contribution in [3.63, 3.8) is 0 Å². The summed E-state index contributed by atoms with van der Waals surface area (Å²) >= 11 is 0. The van der Waals surface area contributed by atoms with Crippen LogP contribution in [0.4, 0.5) is 65.9 Å². The van der Waals surface area contributed by atoms with Crippen molar-refractivity contribution in [1.82, 2.24) is 0 Å². The summed E-state index contributed by atoms with van der Waals surface area (Å²) < 4.78 is 208. The lowest BCUT2D eigenvalue weighted by Crippen LogP contribution is -2.65. The Morgan fingerprint density at radius 3 is 1.22 bits per heavy atom. The van der Waals surface area contributed by atoms with E-state index in [1.165, 1.54) is 0 Å². The maximum absolute atomic E-state index is 12.7. The molecular weight excluding hydrogens is 525 g/mol. The molecule has 0 aromatic carbocycles. The number of halogens is 15. The Hall–Kier alpha value is -1.18. The first-order chi connectivity index (χ1) is 12.8. The summed E-state index contributed by atoms with van der Waals surface area (Å²) in [5.74, 6) is -18.1. The van der Waals surface area contributed by atoms with Crippen molar-refractivity contribution in [1.29, 1.82) is 0 Å². The molecule has 0 aliphatic rings. The first-order valence-electron chi connectivity index (χ1n) is 6.27. The van der Waals surface area contributed by atoms with Gasteiger partial charge in [0.25, 0.3) is 5.92 Å². The Kier molecular flexibility index (Phi) is 16.6. The van der Waals surface area contributed by atoms with Crippen molar-refractivity contribution >= 4 is 10.1 Å². The zero-order valence-corrected chi connectivity index (χ0v) is 15.0. The topological polar surface area (TPSA) is 63.6 Å². The number of hydrogen-bond acceptors (Lipinski definition) is 3. The summed E-state index contributed by atoms with van der Waals surface area (Å²) in [6, 6.07) is 0. The molecule has 20 heteroatoms. The lowest BCUT2D eigenvalue weighted by atomic mass is 10.1. The average Bonchev–Trinajstić information content (AvgIpc) is 2.52. The van der Waals surface area contributed by atoms with Gasteiger partial charge in [-0.25, -0.2) is 13.2 Å². The highest BCUT2D eigenvalue weighted by molar-refractivity contribution is 7.87. The quantitative estimate of drug-likeness (QED) is 0.299. The molecule has 202 valence electrons. The molecule has 0 aromatic heterocycles. The van der Waals surface area contributed by atoms with Crippen LogP contribution in [0.2, 0.25) is 0 Å². The molecule has 0 aliphatic carbocycles. The SMILES string of the molecule is C.C.CC(F)(F)CF.CF.O=S(=O)(O)C(F)(F)C(F)(F)C(F)(F)C(F)(F)OCC(F)(F)F. The summed E-state index contributed by atoms with van der Waals surface area (Å²) in [4.78, 5) is 0. The van der Waals surface area contributed by atoms with Crippen molar-refractivity contribution in [3.05, 3.63) is 0 Å². The van der Waals surface area contributed by atoms with Crippen LogP contribution in [0.5, 0.6) is 0 Å². The first-order valence-corrected chi connectivity index (χ1v) is 7.71. The largest absolute Gasteiger partial charge is 0.438 e. The second kappa shape index (κ2) is 12.9. The van der Waals surface area contributed by atoms with E-state index in [2.05, 4.69) is 4.74 Å². The van der Waals surface area contributed by atoms with Crippen molar-refractivity contribution in [2.45, 2.75) is 57.1 Å². The molecule has 0 aliphatic heterocycles. The first kappa shape index (κ1) is 41.1. The molecule has 0 spiro atoms. The molecule has 0 radical (unpaired) electrons. The lowest BCUT2D eigenvalue weighted by molar-refractivity contribution is -0.427. The lowest BCUT2D eigenvalue weighted by Gasteiger charge is -2.34. The maximum atomic E-state index is 12.7. The summed E-state index contributed by atoms with van der Waals surface area (Å²) in [5.41, 5.74) is 0. The number of rotatable bonds is 7. The van der Waals surface area contributed by atoms with E-state index in [1.54, 1.807) is 0 Å². The van der Waals surface area contributed by atoms with Crippen LogP contribution in [0.25, 0.3) is 0 Å². The fourth-order valence-corrected chi connectivity index (χ4v) is 1.24. The van der Waals surface area contributed by atoms with Crippen molar-refractivity contribution in [2.75, 3.05) is 20.5 Å². The van der Waals surface area contributed by atoms with Crippen LogP contribution in [-0.2, 0) is 14.9 Å². The highest BCUT2D eigenvalue weighted by Gasteiger charge is 2.85. The summed E-state index contributed by atoms with van der Waals surface area (Å²) in [6.07, 6.45) is -12.6. The van der Waals surface area contributed by atoms with E-state index in [-0.39, 0.29) is 14.9 Å². The maximum Gasteiger partial charge on any atom is 0.438 e. The zero-order valence-electron chi connectivity index (χ0n) is 14.2. The number of hydrogen-bond donors (Lipinski definition) is 1. The molecule has 0 amide bonds. The van der Waals surface area contributed by atoms with E-state index < -0.39 is 58.7 Å². The van der Waals surface area contributed by atoms with Gasteiger partial charge in [-0.15, -0.1) is 0 Å². The van der Waals surface area contributed by atoms with E-state index >= 15 is 0 Å². The molecule has 0 saturated heterocycles. The Morgan fingerprint density at radius 1 is 0.750 bits per heavy atom. The average molecular weight is 544 g/mol. The van der Waals surface area contributed by atoms with Gasteiger partial charge < -0.3 is 4.74 Å². The van der Waals surface area contributed by atoms with Crippen LogP contribution in [0, 0.1) is 0 Å². The van der Waals surface area contributed by atoms with Gasteiger partial charge in [-0.2, -0.15) is 56.7 Å². The van der Waals surface area contributed by atoms with Crippen LogP contribution < -0.4 is 0 Å². The molecule has 0 aromatic rings. The van der Waals surface area contributed by atoms with Crippen molar-refractivity contribution in [2.24, 2.45) is 0 Å². The summed E-state index contributed by atoms with van der Waals surface area (Å²) in [7, 11) is -6.82. The molecule has 0 fully saturated rings. The third-order valence-electron chi connectivity index (χ3n) is 2.10. The van der Waals surface area contributed by atoms with E-state index in [4.69, 9.17) is 4.55 Å². The Balaban J connectivity index is -0.000000209. The molecule has 0 unspecified atom stereocenters. The van der Waals surface area contributed by atoms with Crippen molar-refractivity contribution in [3.8, 4) is 0 Å². The predicted molar refractivity (Wildman–Crippen MR) is 80.4 cm³/mol. The molecule has 0 heterocycles. The Labute approximate surface area is 172 Å². The van der Waals surface area contributed by atoms with E-state index in [0.29, 0.717) is 14.1 Å². The fraction of sp³-hybridized carbons (Fsp3) is 1.00. The highest BCUT2D eigenvalue weighted by Crippen LogP contribution is 2.54. The molecule has 4 nitrogen and oxygen atoms in total. The Bertz CT molecular complexity index is 611. The predicted octanol–water partition coefficient (Wildman–Crippen LogP) is 6.38. The normalized spacial score (nSPS) is 13.4. The second-order valence-corrected chi connectivity index (χ2v) is 6.23. The van der Waals surface area contributed by atoms with Gasteiger partial charge in [0, 0.05) is 6.92 Å². The van der Waals surface area contributed by atoms with Gasteiger partial charge in [-0.1, -0.05) is 14.9 Å². The van der Waals surface area contributed by atoms with Crippen LogP contribution >= 0.6 is 0 Å². The van der Waals surface area contributed by atoms with Crippen molar-refractivity contribution < 1.29 is 83.6 Å². The van der Waals surface area contributed by atoms with E-state index in [1.807, 2.05) is 0 Å². The van der Waals surface area contributed by atoms with Gasteiger partial charge in [-0.3, -0.25) is 8.94 Å². The zero-order chi connectivity index (χ0) is 25.6. The monoisotopic (exact) mass is 544 g/mol. The van der Waals surface area contributed by atoms with E-state index in [0.717, 1.165) is 0 Å². The molecule has 32 heavy (non-hydrogen) atoms. The molecule has 0 bridgehead atoms. The second-order valence-electron chi connectivity index (χ2n) is 4.77. The van der Waals surface area contributed by atoms with Gasteiger partial charge in [0.05, 0.1) is 7.18 Å². The van der Waals surface area contributed by atoms with Crippen LogP contribution in [-0.4, -0.2) is 68.7 Å². The van der Waals surface area contributed by atoms with Crippen LogP contribution in [0.1, 0.15) is 21.8 Å². The van der Waals surface area contributed by atoms with Gasteiger partial charge in [0.2, 0.25) is 0 Å². The van der Waals surface area contributed by atoms with Gasteiger partial charge in [-0.05, 0) is 0 Å². The van der Waals surface area contributed by atoms with Gasteiger partial charge in [0.15, 0.2) is 6.67 Å². The molecule has 1 N–H and O–H groups in total. The molecule has 0 saturated carbocycles. The standard InChI is InChI=1S/C6H3F11O4S.C3H5F3.CH3F.2CH4/c7-2(8,9)1-21-5(14,15)3(10,11)4(12,13)6(16,17)22(18,19)20;1-3(5,6)2-4;1-2;;/h1H2,(H,18,19,20);2H2,1H3;1H3;2*1H4. The van der Waals surface area contributed by atoms with Gasteiger partial charge >= 0.3 is 39.5 Å². The summed E-state index contributed by atoms with van der Waals surface area (Å²) in [5, 5.41) is -7.14. The number of alkyl halides is 15. The highest BCUT2D eigenvalue weighted by atomic mass is 32.2. The minimum atomic E-state index is -7.51. The molecule has 0 atom stereocenters. The third-order valence-corrected chi connectivity index (χ3v) is 3.01. The fourth-order valence-electron chi connectivity index (χ4n) is 0.791. The van der Waals surface area contributed by atoms with Crippen LogP contribution in [0.15, 0.2) is 0 Å². The van der Waals surface area contributed by atoms with Crippen LogP contribution in [0.3, 0.4) is 0 Å². The third kappa shape index (κ3) is 11.1. The summed E-state index contributed by atoms with van der Waals surface area (Å²) in [6.45, 7) is -4.26. The number of ether oxygens (including phenoxy) is 1. The minimum Gasteiger partial charge on any atom is -0.306 e. The van der Waals surface area contributed by atoms with Gasteiger partial charge in [0.1, 0.15) is 6.61 Å².